The first-order valence-corrected chi connectivity index (χ1v) is 10.3. The molecule has 2 aliphatic heterocycles. The summed E-state index contributed by atoms with van der Waals surface area (Å²) in [6.07, 6.45) is 1.30. The van der Waals surface area contributed by atoms with Crippen LogP contribution in [-0.2, 0) is 4.74 Å². The first-order chi connectivity index (χ1) is 13.4. The molecule has 3 atom stereocenters. The third-order valence-corrected chi connectivity index (χ3v) is 6.38. The molecule has 28 heavy (non-hydrogen) atoms. The lowest BCUT2D eigenvalue weighted by Gasteiger charge is -2.37. The normalized spacial score (nSPS) is 25.7. The van der Waals surface area contributed by atoms with Gasteiger partial charge < -0.3 is 14.2 Å². The lowest BCUT2D eigenvalue weighted by molar-refractivity contribution is -0.00543. The van der Waals surface area contributed by atoms with Crippen molar-refractivity contribution < 1.29 is 23.2 Å². The van der Waals surface area contributed by atoms with Crippen LogP contribution in [0.3, 0.4) is 0 Å². The third-order valence-electron chi connectivity index (χ3n) is 5.14. The maximum atomic E-state index is 15.4. The largest absolute Gasteiger partial charge is 0.372 e. The van der Waals surface area contributed by atoms with Crippen LogP contribution < -0.4 is 9.80 Å². The van der Waals surface area contributed by atoms with Gasteiger partial charge in [0.05, 0.1) is 23.3 Å². The monoisotopic (exact) mass is 407 g/mol. The number of hydrogen-bond donors (Lipinski definition) is 0. The number of halogens is 1. The Kier molecular flexibility index (Phi) is 5.05. The van der Waals surface area contributed by atoms with Crippen LogP contribution in [0.4, 0.5) is 20.7 Å². The molecule has 1 aromatic carbocycles. The maximum Gasteiger partial charge on any atom is 0.287 e. The first-order valence-electron chi connectivity index (χ1n) is 9.38. The molecule has 7 nitrogen and oxygen atoms in total. The highest BCUT2D eigenvalue weighted by Crippen LogP contribution is 2.39. The van der Waals surface area contributed by atoms with Gasteiger partial charge in [-0.3, -0.25) is 14.5 Å². The van der Waals surface area contributed by atoms with Crippen LogP contribution >= 0.6 is 11.8 Å². The molecule has 0 radical (unpaired) electrons. The number of rotatable bonds is 4. The van der Waals surface area contributed by atoms with Crippen molar-refractivity contribution >= 4 is 45.8 Å². The van der Waals surface area contributed by atoms with Gasteiger partial charge >= 0.3 is 0 Å². The SMILES string of the molecule is CC[C@@H]1CN(c2noc3c(F)c(N4C[C@@H](C)O[C@H](C)C4)c(C=O)cc23)C(=O)S1. The van der Waals surface area contributed by atoms with E-state index in [2.05, 4.69) is 5.16 Å². The molecule has 3 heterocycles. The van der Waals surface area contributed by atoms with E-state index in [-0.39, 0.29) is 45.3 Å². The first kappa shape index (κ1) is 19.2. The number of carbonyl (C=O) groups is 2. The fourth-order valence-electron chi connectivity index (χ4n) is 3.91. The number of aldehydes is 1. The van der Waals surface area contributed by atoms with E-state index in [1.807, 2.05) is 25.7 Å². The highest BCUT2D eigenvalue weighted by Gasteiger charge is 2.35. The van der Waals surface area contributed by atoms with E-state index in [9.17, 15) is 9.59 Å². The van der Waals surface area contributed by atoms with Gasteiger partial charge in [0.2, 0.25) is 5.58 Å². The second kappa shape index (κ2) is 7.36. The minimum absolute atomic E-state index is 0.0415. The molecule has 0 bridgehead atoms. The van der Waals surface area contributed by atoms with Crippen molar-refractivity contribution in [3.05, 3.63) is 17.4 Å². The summed E-state index contributed by atoms with van der Waals surface area (Å²) in [4.78, 5) is 27.4. The highest BCUT2D eigenvalue weighted by atomic mass is 32.2. The number of ether oxygens (including phenoxy) is 1. The molecule has 0 saturated carbocycles. The topological polar surface area (TPSA) is 75.9 Å². The standard InChI is InChI=1S/C19H22FN3O4S/c1-4-13-8-23(19(25)28-13)18-14-5-12(9-24)16(15(20)17(14)27-21-18)22-6-10(2)26-11(3)7-22/h5,9-11,13H,4,6-8H2,1-3H3/t10-,11-,13-/m1/s1. The summed E-state index contributed by atoms with van der Waals surface area (Å²) in [7, 11) is 0. The van der Waals surface area contributed by atoms with Crippen molar-refractivity contribution in [2.75, 3.05) is 29.4 Å². The third kappa shape index (κ3) is 3.16. The number of amides is 1. The van der Waals surface area contributed by atoms with Gasteiger partial charge in [-0.15, -0.1) is 0 Å². The van der Waals surface area contributed by atoms with Crippen LogP contribution in [0.25, 0.3) is 11.0 Å². The second-order valence-corrected chi connectivity index (χ2v) is 8.57. The van der Waals surface area contributed by atoms with Crippen molar-refractivity contribution in [2.24, 2.45) is 0 Å². The number of benzene rings is 1. The van der Waals surface area contributed by atoms with E-state index in [0.29, 0.717) is 31.3 Å². The Morgan fingerprint density at radius 2 is 2.04 bits per heavy atom. The molecule has 0 unspecified atom stereocenters. The molecule has 2 saturated heterocycles. The van der Waals surface area contributed by atoms with Crippen LogP contribution in [0.15, 0.2) is 10.6 Å². The van der Waals surface area contributed by atoms with E-state index >= 15 is 4.39 Å². The Balaban J connectivity index is 1.79. The summed E-state index contributed by atoms with van der Waals surface area (Å²) in [6.45, 7) is 7.25. The molecule has 150 valence electrons. The zero-order chi connectivity index (χ0) is 20.0. The lowest BCUT2D eigenvalue weighted by Crippen LogP contribution is -2.46. The smallest absolute Gasteiger partial charge is 0.287 e. The predicted molar refractivity (Wildman–Crippen MR) is 106 cm³/mol. The van der Waals surface area contributed by atoms with Gasteiger partial charge in [0, 0.05) is 30.4 Å². The summed E-state index contributed by atoms with van der Waals surface area (Å²) in [6, 6.07) is 1.56. The fourth-order valence-corrected chi connectivity index (χ4v) is 4.87. The number of carbonyl (C=O) groups excluding carboxylic acids is 2. The molecule has 2 aliphatic rings. The van der Waals surface area contributed by atoms with Crippen LogP contribution in [0, 0.1) is 5.82 Å². The molecular formula is C19H22FN3O4S. The van der Waals surface area contributed by atoms with Gasteiger partial charge in [-0.2, -0.15) is 0 Å². The van der Waals surface area contributed by atoms with Gasteiger partial charge in [0.1, 0.15) is 0 Å². The van der Waals surface area contributed by atoms with E-state index < -0.39 is 5.82 Å². The molecule has 0 spiro atoms. The summed E-state index contributed by atoms with van der Waals surface area (Å²) >= 11 is 1.24. The number of morpholine rings is 1. The number of hydrogen-bond acceptors (Lipinski definition) is 7. The van der Waals surface area contributed by atoms with Crippen LogP contribution in [0.5, 0.6) is 0 Å². The van der Waals surface area contributed by atoms with Crippen molar-refractivity contribution in [1.82, 2.24) is 5.16 Å². The van der Waals surface area contributed by atoms with E-state index in [4.69, 9.17) is 9.26 Å². The number of thioether (sulfide) groups is 1. The van der Waals surface area contributed by atoms with E-state index in [1.165, 1.54) is 16.7 Å². The molecular weight excluding hydrogens is 385 g/mol. The second-order valence-electron chi connectivity index (χ2n) is 7.32. The number of anilines is 2. The van der Waals surface area contributed by atoms with Crippen LogP contribution in [-0.4, -0.2) is 53.8 Å². The maximum absolute atomic E-state index is 15.4. The van der Waals surface area contributed by atoms with Crippen LogP contribution in [0.2, 0.25) is 0 Å². The van der Waals surface area contributed by atoms with E-state index in [0.717, 1.165) is 6.42 Å². The summed E-state index contributed by atoms with van der Waals surface area (Å²) in [5, 5.41) is 4.32. The van der Waals surface area contributed by atoms with Crippen molar-refractivity contribution in [1.29, 1.82) is 0 Å². The quantitative estimate of drug-likeness (QED) is 0.713. The summed E-state index contributed by atoms with van der Waals surface area (Å²) in [5.41, 5.74) is 0.364. The highest BCUT2D eigenvalue weighted by molar-refractivity contribution is 8.14. The molecule has 1 amide bonds. The molecule has 0 N–H and O–H groups in total. The van der Waals surface area contributed by atoms with E-state index in [1.54, 1.807) is 6.07 Å². The van der Waals surface area contributed by atoms with Crippen molar-refractivity contribution in [2.45, 2.75) is 44.6 Å². The predicted octanol–water partition coefficient (Wildman–Crippen LogP) is 3.84. The molecule has 4 rings (SSSR count). The molecule has 2 aromatic rings. The lowest BCUT2D eigenvalue weighted by atomic mass is 10.1. The fraction of sp³-hybridized carbons (Fsp3) is 0.526. The van der Waals surface area contributed by atoms with Gasteiger partial charge in [0.15, 0.2) is 17.9 Å². The Labute approximate surface area is 166 Å². The zero-order valence-corrected chi connectivity index (χ0v) is 16.8. The minimum Gasteiger partial charge on any atom is -0.372 e. The van der Waals surface area contributed by atoms with Crippen LogP contribution in [0.1, 0.15) is 37.6 Å². The Morgan fingerprint density at radius 1 is 1.32 bits per heavy atom. The van der Waals surface area contributed by atoms with Gasteiger partial charge in [-0.25, -0.2) is 4.39 Å². The zero-order valence-electron chi connectivity index (χ0n) is 16.0. The van der Waals surface area contributed by atoms with Gasteiger partial charge in [-0.05, 0) is 26.3 Å². The average molecular weight is 407 g/mol. The Morgan fingerprint density at radius 3 is 2.64 bits per heavy atom. The minimum atomic E-state index is -0.633. The number of aromatic nitrogens is 1. The van der Waals surface area contributed by atoms with Gasteiger partial charge in [-0.1, -0.05) is 23.8 Å². The van der Waals surface area contributed by atoms with Gasteiger partial charge in [0.25, 0.3) is 5.24 Å². The number of fused-ring (bicyclic) bond motifs is 1. The Bertz CT molecular complexity index is 924. The number of nitrogens with zero attached hydrogens (tertiary/aromatic N) is 3. The van der Waals surface area contributed by atoms with Crippen molar-refractivity contribution in [3.63, 3.8) is 0 Å². The molecule has 2 fully saturated rings. The average Bonchev–Trinajstić information content (AvgIpc) is 3.23. The summed E-state index contributed by atoms with van der Waals surface area (Å²) < 4.78 is 26.4. The Hall–Kier alpha value is -2.13. The van der Waals surface area contributed by atoms with Crippen molar-refractivity contribution in [3.8, 4) is 0 Å². The summed E-state index contributed by atoms with van der Waals surface area (Å²) in [5.74, 6) is -0.369. The molecule has 0 aliphatic carbocycles. The molecule has 1 aromatic heterocycles. The molecule has 9 heteroatoms.